The van der Waals surface area contributed by atoms with Crippen LogP contribution in [0.3, 0.4) is 0 Å². The van der Waals surface area contributed by atoms with Gasteiger partial charge < -0.3 is 83.4 Å². The third-order valence-corrected chi connectivity index (χ3v) is 30.8. The molecule has 0 bridgehead atoms. The topological polar surface area (TPSA) is 143 Å². The Morgan fingerprint density at radius 1 is 0.145 bits per heavy atom. The Hall–Kier alpha value is -0.920. The van der Waals surface area contributed by atoms with E-state index in [2.05, 4.69) is 257 Å². The van der Waals surface area contributed by atoms with Crippen LogP contribution in [0, 0.1) is 65.1 Å². The minimum atomic E-state index is 0.298. The smallest absolute Gasteiger partial charge is 0.0594 e. The number of rotatable bonds is 52. The summed E-state index contributed by atoms with van der Waals surface area (Å²) >= 11 is 0. The van der Waals surface area contributed by atoms with Crippen LogP contribution in [0.2, 0.25) is 0 Å². The molecule has 0 atom stereocenters. The normalized spacial score (nSPS) is 20.3. The number of piperidine rings is 1. The van der Waals surface area contributed by atoms with Gasteiger partial charge in [0.25, 0.3) is 0 Å². The molecule has 11 saturated heterocycles. The van der Waals surface area contributed by atoms with Crippen molar-refractivity contribution in [2.24, 2.45) is 65.1 Å². The van der Waals surface area contributed by atoms with Crippen LogP contribution in [-0.4, -0.2) is 493 Å². The molecular formula is C122H261N17O6. The van der Waals surface area contributed by atoms with Crippen LogP contribution in [0.25, 0.3) is 0 Å². The molecule has 11 aliphatic heterocycles. The lowest BCUT2D eigenvalue weighted by molar-refractivity contribution is 0.0360. The summed E-state index contributed by atoms with van der Waals surface area (Å²) < 4.78 is 15.9. The van der Waals surface area contributed by atoms with Crippen molar-refractivity contribution in [1.29, 1.82) is 0 Å². The van der Waals surface area contributed by atoms with Crippen molar-refractivity contribution in [3.05, 3.63) is 0 Å². The second-order valence-electron chi connectivity index (χ2n) is 50.1. The van der Waals surface area contributed by atoms with Gasteiger partial charge in [0.05, 0.1) is 59.5 Å². The van der Waals surface area contributed by atoms with E-state index < -0.39 is 0 Å². The summed E-state index contributed by atoms with van der Waals surface area (Å²) in [5.74, 6) is 9.42. The third kappa shape index (κ3) is 92.9. The molecule has 23 heteroatoms. The number of unbranched alkanes of at least 4 members (excludes halogenated alkanes) is 5. The molecule has 0 radical (unpaired) electrons. The first-order valence-electron chi connectivity index (χ1n) is 62.4. The van der Waals surface area contributed by atoms with Gasteiger partial charge in [-0.25, -0.2) is 0 Å². The first kappa shape index (κ1) is 142. The average Bonchev–Trinajstić information content (AvgIpc) is 0.978. The third-order valence-electron chi connectivity index (χ3n) is 30.8. The highest BCUT2D eigenvalue weighted by atomic mass is 16.5. The van der Waals surface area contributed by atoms with E-state index >= 15 is 0 Å². The number of likely N-dealkylation sites (N-methyl/N-ethyl adjacent to an activating group) is 3. The Bertz CT molecular complexity index is 2550. The lowest BCUT2D eigenvalue weighted by Gasteiger charge is -2.34. The zero-order valence-electron chi connectivity index (χ0n) is 102. The summed E-state index contributed by atoms with van der Waals surface area (Å²) in [6.45, 7) is 115. The van der Waals surface area contributed by atoms with Crippen LogP contribution < -0.4 is 0 Å². The maximum absolute atomic E-state index is 8.85. The highest BCUT2D eigenvalue weighted by Crippen LogP contribution is 2.19. The molecule has 23 nitrogen and oxygen atoms in total. The first-order chi connectivity index (χ1) is 69.6. The van der Waals surface area contributed by atoms with Crippen LogP contribution in [0.15, 0.2) is 0 Å². The quantitative estimate of drug-likeness (QED) is 0.0496. The molecule has 11 fully saturated rings. The van der Waals surface area contributed by atoms with Gasteiger partial charge in [-0.15, -0.1) is 0 Å². The summed E-state index contributed by atoms with van der Waals surface area (Å²) in [5.41, 5.74) is 0. The first-order valence-corrected chi connectivity index (χ1v) is 62.4. The predicted molar refractivity (Wildman–Crippen MR) is 633 cm³/mol. The van der Waals surface area contributed by atoms with Gasteiger partial charge in [-0.1, -0.05) is 223 Å². The number of hydrogen-bond donors (Lipinski definition) is 3. The number of piperazine rings is 6. The number of hydrogen-bond acceptors (Lipinski definition) is 23. The zero-order chi connectivity index (χ0) is 107. The van der Waals surface area contributed by atoms with Crippen LogP contribution >= 0.6 is 0 Å². The van der Waals surface area contributed by atoms with Gasteiger partial charge in [0.1, 0.15) is 0 Å². The number of aliphatic hydroxyl groups excluding tert-OH is 3. The Morgan fingerprint density at radius 2 is 0.283 bits per heavy atom. The molecule has 0 unspecified atom stereocenters. The Balaban J connectivity index is 0.000000798. The van der Waals surface area contributed by atoms with Gasteiger partial charge in [-0.2, -0.15) is 0 Å². The van der Waals surface area contributed by atoms with E-state index in [1.165, 1.54) is 402 Å². The Kier molecular flexibility index (Phi) is 95.6. The minimum Gasteiger partial charge on any atom is -0.395 e. The molecule has 0 aliphatic carbocycles. The molecule has 3 N–H and O–H groups in total. The predicted octanol–water partition coefficient (Wildman–Crippen LogP) is 19.6. The van der Waals surface area contributed by atoms with E-state index in [4.69, 9.17) is 29.5 Å². The van der Waals surface area contributed by atoms with Crippen molar-refractivity contribution in [3.63, 3.8) is 0 Å². The fourth-order valence-electron chi connectivity index (χ4n) is 19.9. The second-order valence-corrected chi connectivity index (χ2v) is 50.1. The standard InChI is InChI=1S/C13H28N2O.C12H26N2O.C12H26N2.C12H25N.C11H24N2O.C11H24N2.C11H23NO.C11H23N.C10H22N2.C10H21NO.C9H19NO/c1-13(2)5-3-4-6-14-7-9-15(10-8-14)11-12-16;1-12(2)4-3-5-13-6-8-14(9-7-13)10-11-15;1-12(2)6-4-5-7-14-10-8-13(3)9-11-14;1-12(2)8-4-7-11-13-9-5-3-6-10-13;1-11(2)3-4-12-5-7-13(8-6-12)9-10-14;1-11(2)5-4-6-13-9-7-12(3)8-10-13;1-11(2)5-3-4-6-12-7-9-13-10-8-12;1-11(2)7-3-4-8-12-9-5-6-10-12;1-10(2)4-5-12-8-6-11(3)7-9-12;1-10(2)4-3-5-11-6-8-12-9-7-11;1-9(2)3-4-10-5-7-11-8-6-10/h13,16H,3-12H2,1-2H3;12,15H,3-11H2,1-2H3;12H,4-11H2,1-3H3;12H,3-11H2,1-2H3;11,14H,3-10H2,1-2H3;11H,4-10H2,1-3H3;11H,3-10H2,1-2H3;11H,3-10H2,1-2H3;10H,4-9H2,1-3H3;10H,3-9H2,1-2H3;9H,3-8H2,1-2H3. The minimum absolute atomic E-state index is 0.298. The lowest BCUT2D eigenvalue weighted by Crippen LogP contribution is -2.47. The largest absolute Gasteiger partial charge is 0.395 e. The summed E-state index contributed by atoms with van der Waals surface area (Å²) in [7, 11) is 6.64. The van der Waals surface area contributed by atoms with Crippen LogP contribution in [0.5, 0.6) is 0 Å². The number of aliphatic hydroxyl groups is 3. The Labute approximate surface area is 906 Å². The van der Waals surface area contributed by atoms with Crippen molar-refractivity contribution in [3.8, 4) is 0 Å². The average molecular weight is 2060 g/mol. The molecule has 0 spiro atoms. The van der Waals surface area contributed by atoms with Crippen molar-refractivity contribution in [1.82, 2.24) is 83.3 Å². The molecule has 870 valence electrons. The number of β-amino-alcohol motifs (C(OH)–C–C–N with tert-alkyl or cyclic N) is 3. The van der Waals surface area contributed by atoms with Crippen molar-refractivity contribution in [2.45, 2.75) is 339 Å². The fourth-order valence-corrected chi connectivity index (χ4v) is 19.9. The number of morpholine rings is 3. The Morgan fingerprint density at radius 3 is 0.469 bits per heavy atom. The van der Waals surface area contributed by atoms with E-state index in [1.807, 2.05) is 0 Å². The lowest BCUT2D eigenvalue weighted by atomic mass is 10.1. The van der Waals surface area contributed by atoms with Crippen molar-refractivity contribution < 1.29 is 29.5 Å². The van der Waals surface area contributed by atoms with Gasteiger partial charge in [-0.3, -0.25) is 29.4 Å². The zero-order valence-corrected chi connectivity index (χ0v) is 102. The maximum atomic E-state index is 8.85. The molecule has 11 rings (SSSR count). The van der Waals surface area contributed by atoms with Crippen molar-refractivity contribution >= 4 is 0 Å². The summed E-state index contributed by atoms with van der Waals surface area (Å²) in [6.07, 6.45) is 40.2. The van der Waals surface area contributed by atoms with Crippen molar-refractivity contribution in [2.75, 3.05) is 395 Å². The molecule has 0 amide bonds. The van der Waals surface area contributed by atoms with Gasteiger partial charge in [-0.05, 0) is 300 Å². The second kappa shape index (κ2) is 97.5. The summed E-state index contributed by atoms with van der Waals surface area (Å²) in [5, 5.41) is 26.5. The molecule has 0 aromatic heterocycles. The van der Waals surface area contributed by atoms with Crippen LogP contribution in [-0.2, 0) is 14.2 Å². The number of likely N-dealkylation sites (tertiary alicyclic amines) is 2. The SMILES string of the molecule is CC(C)CCCCN1CCCC1.CC(C)CCCCN1CCCCC1.CC(C)CCCCN1CCN(C)CC1.CC(C)CCCCN1CCN(CCO)CC1.CC(C)CCCCN1CCOCC1.CC(C)CCCN1CCN(C)CC1.CC(C)CCCN1CCN(CCO)CC1.CC(C)CCCN1CCOCC1.CC(C)CCN1CCN(C)CC1.CC(C)CCN1CCN(CCO)CC1.CC(C)CCN1CCOCC1. The molecule has 145 heavy (non-hydrogen) atoms. The van der Waals surface area contributed by atoms with Crippen LogP contribution in [0.1, 0.15) is 339 Å². The molecule has 11 heterocycles. The van der Waals surface area contributed by atoms with E-state index in [1.54, 1.807) is 0 Å². The summed E-state index contributed by atoms with van der Waals surface area (Å²) in [4.78, 5) is 42.5. The highest BCUT2D eigenvalue weighted by Gasteiger charge is 2.23. The van der Waals surface area contributed by atoms with Gasteiger partial charge in [0.2, 0.25) is 0 Å². The summed E-state index contributed by atoms with van der Waals surface area (Å²) in [6, 6.07) is 0. The van der Waals surface area contributed by atoms with Gasteiger partial charge in [0.15, 0.2) is 0 Å². The number of nitrogens with zero attached hydrogens (tertiary/aromatic N) is 17. The van der Waals surface area contributed by atoms with E-state index in [0.717, 1.165) is 203 Å². The molecular weight excluding hydrogens is 1800 g/mol. The molecule has 11 aliphatic rings. The van der Waals surface area contributed by atoms with Gasteiger partial charge in [0, 0.05) is 216 Å². The van der Waals surface area contributed by atoms with Crippen LogP contribution in [0.4, 0.5) is 0 Å². The maximum Gasteiger partial charge on any atom is 0.0594 e. The van der Waals surface area contributed by atoms with E-state index in [0.29, 0.717) is 19.8 Å². The molecule has 0 aromatic carbocycles. The van der Waals surface area contributed by atoms with E-state index in [9.17, 15) is 0 Å². The number of ether oxygens (including phenoxy) is 3. The monoisotopic (exact) mass is 2060 g/mol. The van der Waals surface area contributed by atoms with E-state index in [-0.39, 0.29) is 0 Å². The fraction of sp³-hybridized carbons (Fsp3) is 1.00. The highest BCUT2D eigenvalue weighted by molar-refractivity contribution is 4.79. The van der Waals surface area contributed by atoms with Gasteiger partial charge >= 0.3 is 0 Å². The molecule has 0 aromatic rings. The molecule has 0 saturated carbocycles.